The van der Waals surface area contributed by atoms with Crippen LogP contribution in [0.15, 0.2) is 72.8 Å². The molecule has 1 N–H and O–H groups in total. The number of aromatic nitrogens is 2. The lowest BCUT2D eigenvalue weighted by molar-refractivity contribution is -0.121. The third-order valence-corrected chi connectivity index (χ3v) is 7.08. The van der Waals surface area contributed by atoms with E-state index in [0.29, 0.717) is 18.9 Å². The van der Waals surface area contributed by atoms with Crippen LogP contribution in [0.25, 0.3) is 11.0 Å². The van der Waals surface area contributed by atoms with E-state index in [0.717, 1.165) is 59.7 Å². The maximum atomic E-state index is 12.8. The summed E-state index contributed by atoms with van der Waals surface area (Å²) in [4.78, 5) is 17.7. The van der Waals surface area contributed by atoms with Crippen LogP contribution in [0, 0.1) is 0 Å². The molecule has 0 saturated carbocycles. The standard InChI is InChI=1S/C32H39N3O3/c1-5-23(2)26-14-18-28(19-15-26)38-21-9-8-20-35-30-11-7-6-10-29(30)34-32(35)24(3)33-31(36)22-25-12-16-27(37-4)17-13-25/h6-7,10-19,23-24H,5,8-9,20-22H2,1-4H3,(H,33,36). The summed E-state index contributed by atoms with van der Waals surface area (Å²) in [6, 6.07) is 24.0. The van der Waals surface area contributed by atoms with Gasteiger partial charge in [0.25, 0.3) is 0 Å². The van der Waals surface area contributed by atoms with Crippen LogP contribution in [-0.2, 0) is 17.8 Å². The largest absolute Gasteiger partial charge is 0.497 e. The molecule has 0 aliphatic heterocycles. The van der Waals surface area contributed by atoms with Gasteiger partial charge in [0.1, 0.15) is 17.3 Å². The second-order valence-corrected chi connectivity index (χ2v) is 9.86. The summed E-state index contributed by atoms with van der Waals surface area (Å²) in [5, 5.41) is 3.14. The number of fused-ring (bicyclic) bond motifs is 1. The van der Waals surface area contributed by atoms with Crippen molar-refractivity contribution in [2.24, 2.45) is 0 Å². The Balaban J connectivity index is 1.34. The summed E-state index contributed by atoms with van der Waals surface area (Å²) in [7, 11) is 1.63. The molecular formula is C32H39N3O3. The van der Waals surface area contributed by atoms with Gasteiger partial charge >= 0.3 is 0 Å². The highest BCUT2D eigenvalue weighted by atomic mass is 16.5. The van der Waals surface area contributed by atoms with E-state index >= 15 is 0 Å². The van der Waals surface area contributed by atoms with E-state index in [1.807, 2.05) is 49.4 Å². The van der Waals surface area contributed by atoms with E-state index in [1.165, 1.54) is 5.56 Å². The van der Waals surface area contributed by atoms with Crippen LogP contribution in [-0.4, -0.2) is 29.2 Å². The fraction of sp³-hybridized carbons (Fsp3) is 0.375. The van der Waals surface area contributed by atoms with Crippen LogP contribution in [0.3, 0.4) is 0 Å². The number of benzene rings is 3. The highest BCUT2D eigenvalue weighted by molar-refractivity contribution is 5.79. The van der Waals surface area contributed by atoms with E-state index < -0.39 is 0 Å². The number of hydrogen-bond donors (Lipinski definition) is 1. The van der Waals surface area contributed by atoms with Crippen molar-refractivity contribution in [2.75, 3.05) is 13.7 Å². The minimum absolute atomic E-state index is 0.0333. The first-order valence-corrected chi connectivity index (χ1v) is 13.6. The summed E-state index contributed by atoms with van der Waals surface area (Å²) >= 11 is 0. The van der Waals surface area contributed by atoms with Crippen molar-refractivity contribution in [1.82, 2.24) is 14.9 Å². The molecule has 0 spiro atoms. The molecular weight excluding hydrogens is 474 g/mol. The van der Waals surface area contributed by atoms with Gasteiger partial charge in [0.15, 0.2) is 0 Å². The van der Waals surface area contributed by atoms with Crippen molar-refractivity contribution in [2.45, 2.75) is 65.0 Å². The maximum absolute atomic E-state index is 12.8. The van der Waals surface area contributed by atoms with Gasteiger partial charge in [-0.1, -0.05) is 50.2 Å². The Morgan fingerprint density at radius 1 is 0.947 bits per heavy atom. The Morgan fingerprint density at radius 2 is 1.66 bits per heavy atom. The second-order valence-electron chi connectivity index (χ2n) is 9.86. The molecule has 6 heteroatoms. The zero-order valence-electron chi connectivity index (χ0n) is 22.9. The lowest BCUT2D eigenvalue weighted by atomic mass is 9.99. The van der Waals surface area contributed by atoms with Crippen molar-refractivity contribution in [3.05, 3.63) is 89.7 Å². The Bertz CT molecular complexity index is 1310. The van der Waals surface area contributed by atoms with Crippen LogP contribution in [0.2, 0.25) is 0 Å². The van der Waals surface area contributed by atoms with Gasteiger partial charge in [-0.15, -0.1) is 0 Å². The van der Waals surface area contributed by atoms with Crippen molar-refractivity contribution >= 4 is 16.9 Å². The number of nitrogens with one attached hydrogen (secondary N) is 1. The predicted octanol–water partition coefficient (Wildman–Crippen LogP) is 6.84. The average molecular weight is 514 g/mol. The predicted molar refractivity (Wildman–Crippen MR) is 153 cm³/mol. The Kier molecular flexibility index (Phi) is 9.41. The fourth-order valence-electron chi connectivity index (χ4n) is 4.64. The molecule has 0 aliphatic carbocycles. The molecule has 3 aromatic carbocycles. The van der Waals surface area contributed by atoms with E-state index in [4.69, 9.17) is 14.5 Å². The van der Waals surface area contributed by atoms with Crippen molar-refractivity contribution in [3.8, 4) is 11.5 Å². The lowest BCUT2D eigenvalue weighted by Crippen LogP contribution is -2.30. The molecule has 1 amide bonds. The van der Waals surface area contributed by atoms with Crippen LogP contribution in [0.5, 0.6) is 11.5 Å². The van der Waals surface area contributed by atoms with Gasteiger partial charge in [0.2, 0.25) is 5.91 Å². The first-order chi connectivity index (χ1) is 18.5. The van der Waals surface area contributed by atoms with Crippen molar-refractivity contribution in [1.29, 1.82) is 0 Å². The van der Waals surface area contributed by atoms with Gasteiger partial charge < -0.3 is 19.4 Å². The molecule has 0 bridgehead atoms. The number of ether oxygens (including phenoxy) is 2. The Morgan fingerprint density at radius 3 is 2.37 bits per heavy atom. The summed E-state index contributed by atoms with van der Waals surface area (Å²) in [6.07, 6.45) is 3.32. The number of aryl methyl sites for hydroxylation is 1. The van der Waals surface area contributed by atoms with Gasteiger partial charge in [-0.25, -0.2) is 4.98 Å². The van der Waals surface area contributed by atoms with Gasteiger partial charge in [0.05, 0.1) is 37.2 Å². The Labute approximate surface area is 226 Å². The summed E-state index contributed by atoms with van der Waals surface area (Å²) in [6.45, 7) is 7.93. The number of imidazole rings is 1. The van der Waals surface area contributed by atoms with Gasteiger partial charge in [-0.05, 0) is 79.6 Å². The summed E-state index contributed by atoms with van der Waals surface area (Å²) in [5.41, 5.74) is 4.32. The normalized spacial score (nSPS) is 12.7. The lowest BCUT2D eigenvalue weighted by Gasteiger charge is -2.17. The number of unbranched alkanes of at least 4 members (excludes halogenated alkanes) is 1. The fourth-order valence-corrected chi connectivity index (χ4v) is 4.64. The molecule has 38 heavy (non-hydrogen) atoms. The molecule has 2 unspecified atom stereocenters. The third kappa shape index (κ3) is 6.94. The van der Waals surface area contributed by atoms with Crippen LogP contribution in [0.1, 0.15) is 68.9 Å². The number of methoxy groups -OCH3 is 1. The van der Waals surface area contributed by atoms with E-state index in [2.05, 4.69) is 54.1 Å². The van der Waals surface area contributed by atoms with Crippen molar-refractivity contribution in [3.63, 3.8) is 0 Å². The number of hydrogen-bond acceptors (Lipinski definition) is 4. The highest BCUT2D eigenvalue weighted by Gasteiger charge is 2.18. The van der Waals surface area contributed by atoms with E-state index in [1.54, 1.807) is 7.11 Å². The minimum atomic E-state index is -0.214. The topological polar surface area (TPSA) is 65.4 Å². The molecule has 0 aliphatic rings. The van der Waals surface area contributed by atoms with Crippen LogP contribution in [0.4, 0.5) is 0 Å². The average Bonchev–Trinajstić information content (AvgIpc) is 3.32. The molecule has 200 valence electrons. The minimum Gasteiger partial charge on any atom is -0.497 e. The highest BCUT2D eigenvalue weighted by Crippen LogP contribution is 2.23. The quantitative estimate of drug-likeness (QED) is 0.199. The first kappa shape index (κ1) is 27.2. The molecule has 2 atom stereocenters. The zero-order valence-corrected chi connectivity index (χ0v) is 22.9. The van der Waals surface area contributed by atoms with Gasteiger partial charge in [0, 0.05) is 6.54 Å². The summed E-state index contributed by atoms with van der Waals surface area (Å²) in [5.74, 6) is 3.10. The van der Waals surface area contributed by atoms with Crippen molar-refractivity contribution < 1.29 is 14.3 Å². The molecule has 4 rings (SSSR count). The van der Waals surface area contributed by atoms with Crippen LogP contribution < -0.4 is 14.8 Å². The maximum Gasteiger partial charge on any atom is 0.224 e. The summed E-state index contributed by atoms with van der Waals surface area (Å²) < 4.78 is 13.4. The zero-order chi connectivity index (χ0) is 26.9. The molecule has 4 aromatic rings. The van der Waals surface area contributed by atoms with Gasteiger partial charge in [-0.3, -0.25) is 4.79 Å². The van der Waals surface area contributed by atoms with E-state index in [-0.39, 0.29) is 11.9 Å². The second kappa shape index (κ2) is 13.1. The number of para-hydroxylation sites is 2. The first-order valence-electron chi connectivity index (χ1n) is 13.6. The molecule has 0 radical (unpaired) electrons. The van der Waals surface area contributed by atoms with Crippen LogP contribution >= 0.6 is 0 Å². The number of nitrogens with zero attached hydrogens (tertiary/aromatic N) is 2. The number of rotatable bonds is 13. The number of carbonyl (C=O) groups excluding carboxylic acids is 1. The molecule has 0 saturated heterocycles. The SMILES string of the molecule is CCC(C)c1ccc(OCCCCn2c(C(C)NC(=O)Cc3ccc(OC)cc3)nc3ccccc32)cc1. The molecule has 1 aromatic heterocycles. The van der Waals surface area contributed by atoms with E-state index in [9.17, 15) is 4.79 Å². The number of carbonyl (C=O) groups is 1. The molecule has 6 nitrogen and oxygen atoms in total. The van der Waals surface area contributed by atoms with Gasteiger partial charge in [-0.2, -0.15) is 0 Å². The smallest absolute Gasteiger partial charge is 0.224 e. The third-order valence-electron chi connectivity index (χ3n) is 7.08. The molecule has 0 fully saturated rings. The molecule has 1 heterocycles. The monoisotopic (exact) mass is 513 g/mol. The Hall–Kier alpha value is -3.80. The number of amides is 1.